The Morgan fingerprint density at radius 1 is 1.42 bits per heavy atom. The summed E-state index contributed by atoms with van der Waals surface area (Å²) < 4.78 is 31.3. The monoisotopic (exact) mass is 267 g/mol. The van der Waals surface area contributed by atoms with Crippen LogP contribution in [0.5, 0.6) is 0 Å². The van der Waals surface area contributed by atoms with Crippen molar-refractivity contribution in [1.82, 2.24) is 15.5 Å². The fourth-order valence-electron chi connectivity index (χ4n) is 1.59. The molecule has 19 heavy (non-hydrogen) atoms. The number of nitrogens with zero attached hydrogens (tertiary/aromatic N) is 2. The van der Waals surface area contributed by atoms with Crippen LogP contribution in [0.2, 0.25) is 0 Å². The van der Waals surface area contributed by atoms with Crippen LogP contribution in [0.15, 0.2) is 29.1 Å². The number of halogens is 2. The largest absolute Gasteiger partial charge is 0.346 e. The Labute approximate surface area is 107 Å². The number of benzene rings is 1. The maximum atomic E-state index is 13.4. The smallest absolute Gasteiger partial charge is 0.225 e. The maximum Gasteiger partial charge on any atom is 0.225 e. The predicted octanol–water partition coefficient (Wildman–Crippen LogP) is 1.77. The number of hydrogen-bond donors (Lipinski definition) is 1. The van der Waals surface area contributed by atoms with E-state index in [1.165, 1.54) is 6.07 Å². The Bertz CT molecular complexity index is 552. The highest BCUT2D eigenvalue weighted by molar-refractivity contribution is 5.79. The average molecular weight is 267 g/mol. The van der Waals surface area contributed by atoms with Crippen molar-refractivity contribution in [1.29, 1.82) is 0 Å². The number of aromatic nitrogens is 2. The zero-order chi connectivity index (χ0) is 13.8. The molecule has 2 aromatic rings. The first-order chi connectivity index (χ1) is 9.08. The first kappa shape index (κ1) is 13.1. The topological polar surface area (TPSA) is 68.0 Å². The Morgan fingerprint density at radius 3 is 2.68 bits per heavy atom. The molecule has 1 N–H and O–H groups in total. The van der Waals surface area contributed by atoms with Crippen molar-refractivity contribution in [3.63, 3.8) is 0 Å². The van der Waals surface area contributed by atoms with Crippen molar-refractivity contribution in [2.45, 2.75) is 19.4 Å². The fraction of sp³-hybridized carbons (Fsp3) is 0.250. The van der Waals surface area contributed by atoms with Gasteiger partial charge in [-0.05, 0) is 19.1 Å². The van der Waals surface area contributed by atoms with Gasteiger partial charge in [-0.25, -0.2) is 8.78 Å². The molecule has 1 atom stereocenters. The third kappa shape index (κ3) is 3.12. The van der Waals surface area contributed by atoms with Gasteiger partial charge in [-0.3, -0.25) is 4.79 Å². The van der Waals surface area contributed by atoms with E-state index in [2.05, 4.69) is 20.0 Å². The summed E-state index contributed by atoms with van der Waals surface area (Å²) >= 11 is 0. The van der Waals surface area contributed by atoms with Gasteiger partial charge in [-0.15, -0.1) is 0 Å². The van der Waals surface area contributed by atoms with Gasteiger partial charge in [0.15, 0.2) is 5.82 Å². The van der Waals surface area contributed by atoms with E-state index in [9.17, 15) is 13.6 Å². The lowest BCUT2D eigenvalue weighted by Gasteiger charge is -2.10. The van der Waals surface area contributed by atoms with Crippen LogP contribution in [0.3, 0.4) is 0 Å². The van der Waals surface area contributed by atoms with Crippen molar-refractivity contribution in [2.75, 3.05) is 0 Å². The molecule has 2 rings (SSSR count). The molecule has 0 aliphatic carbocycles. The molecule has 0 saturated heterocycles. The molecule has 0 spiro atoms. The second-order valence-corrected chi connectivity index (χ2v) is 3.96. The van der Waals surface area contributed by atoms with Crippen molar-refractivity contribution in [2.24, 2.45) is 0 Å². The van der Waals surface area contributed by atoms with Crippen LogP contribution in [-0.2, 0) is 11.2 Å². The van der Waals surface area contributed by atoms with Gasteiger partial charge in [0.05, 0.1) is 12.5 Å². The molecule has 100 valence electrons. The van der Waals surface area contributed by atoms with Gasteiger partial charge in [-0.2, -0.15) is 4.98 Å². The van der Waals surface area contributed by atoms with E-state index >= 15 is 0 Å². The highest BCUT2D eigenvalue weighted by atomic mass is 19.1. The lowest BCUT2D eigenvalue weighted by atomic mass is 10.1. The molecule has 0 aliphatic rings. The minimum absolute atomic E-state index is 0.264. The second-order valence-electron chi connectivity index (χ2n) is 3.96. The summed E-state index contributed by atoms with van der Waals surface area (Å²) in [5.41, 5.74) is -0.264. The molecule has 0 radical (unpaired) electrons. The van der Waals surface area contributed by atoms with Gasteiger partial charge in [0.2, 0.25) is 12.3 Å². The summed E-state index contributed by atoms with van der Waals surface area (Å²) in [6, 6.07) is 2.96. The second kappa shape index (κ2) is 5.55. The van der Waals surface area contributed by atoms with E-state index in [4.69, 9.17) is 0 Å². The van der Waals surface area contributed by atoms with Crippen LogP contribution in [0.4, 0.5) is 8.78 Å². The third-order valence-electron chi connectivity index (χ3n) is 2.54. The number of nitrogens with one attached hydrogen (secondary N) is 1. The van der Waals surface area contributed by atoms with Crippen LogP contribution in [0, 0.1) is 11.6 Å². The van der Waals surface area contributed by atoms with Crippen LogP contribution >= 0.6 is 0 Å². The van der Waals surface area contributed by atoms with Gasteiger partial charge in [0, 0.05) is 5.56 Å². The average Bonchev–Trinajstić information content (AvgIpc) is 2.88. The van der Waals surface area contributed by atoms with E-state index in [0.717, 1.165) is 18.5 Å². The summed E-state index contributed by atoms with van der Waals surface area (Å²) in [4.78, 5) is 15.5. The molecular formula is C12H11F2N3O2. The summed E-state index contributed by atoms with van der Waals surface area (Å²) in [7, 11) is 0. The Kier molecular flexibility index (Phi) is 3.84. The van der Waals surface area contributed by atoms with Crippen molar-refractivity contribution in [3.05, 3.63) is 47.6 Å². The molecule has 7 heteroatoms. The number of carbonyl (C=O) groups excluding carboxylic acids is 1. The fourth-order valence-corrected chi connectivity index (χ4v) is 1.59. The van der Waals surface area contributed by atoms with E-state index in [1.54, 1.807) is 6.92 Å². The summed E-state index contributed by atoms with van der Waals surface area (Å²) in [5.74, 6) is -1.73. The van der Waals surface area contributed by atoms with E-state index < -0.39 is 23.6 Å². The number of rotatable bonds is 4. The molecule has 1 amide bonds. The number of carbonyl (C=O) groups is 1. The quantitative estimate of drug-likeness (QED) is 0.916. The molecule has 0 saturated carbocycles. The highest BCUT2D eigenvalue weighted by Crippen LogP contribution is 2.13. The zero-order valence-corrected chi connectivity index (χ0v) is 10.1. The lowest BCUT2D eigenvalue weighted by Crippen LogP contribution is -2.29. The van der Waals surface area contributed by atoms with Gasteiger partial charge in [0.1, 0.15) is 11.6 Å². The molecule has 0 aliphatic heterocycles. The van der Waals surface area contributed by atoms with Gasteiger partial charge >= 0.3 is 0 Å². The summed E-state index contributed by atoms with van der Waals surface area (Å²) in [5, 5.41) is 6.09. The Morgan fingerprint density at radius 2 is 2.11 bits per heavy atom. The first-order valence-corrected chi connectivity index (χ1v) is 5.56. The maximum absolute atomic E-state index is 13.4. The Balaban J connectivity index is 2.02. The van der Waals surface area contributed by atoms with E-state index in [-0.39, 0.29) is 12.0 Å². The highest BCUT2D eigenvalue weighted by Gasteiger charge is 2.17. The van der Waals surface area contributed by atoms with Crippen LogP contribution in [0.25, 0.3) is 0 Å². The van der Waals surface area contributed by atoms with Gasteiger partial charge < -0.3 is 9.84 Å². The molecular weight excluding hydrogens is 256 g/mol. The minimum atomic E-state index is -0.748. The molecule has 5 nitrogen and oxygen atoms in total. The van der Waals surface area contributed by atoms with E-state index in [1.807, 2.05) is 0 Å². The van der Waals surface area contributed by atoms with Gasteiger partial charge in [-0.1, -0.05) is 11.2 Å². The van der Waals surface area contributed by atoms with Crippen molar-refractivity contribution >= 4 is 5.91 Å². The molecule has 1 unspecified atom stereocenters. The number of amides is 1. The van der Waals surface area contributed by atoms with Crippen molar-refractivity contribution in [3.8, 4) is 0 Å². The molecule has 1 aromatic heterocycles. The third-order valence-corrected chi connectivity index (χ3v) is 2.54. The van der Waals surface area contributed by atoms with Crippen LogP contribution < -0.4 is 5.32 Å². The van der Waals surface area contributed by atoms with Crippen molar-refractivity contribution < 1.29 is 18.1 Å². The zero-order valence-electron chi connectivity index (χ0n) is 10.1. The first-order valence-electron chi connectivity index (χ1n) is 5.56. The molecule has 0 bridgehead atoms. The molecule has 1 aromatic carbocycles. The minimum Gasteiger partial charge on any atom is -0.346 e. The van der Waals surface area contributed by atoms with Crippen LogP contribution in [-0.4, -0.2) is 16.0 Å². The molecule has 1 heterocycles. The lowest BCUT2D eigenvalue weighted by molar-refractivity contribution is -0.121. The standard InChI is InChI=1S/C12H11F2N3O2/c1-7(12-15-6-19-17-12)16-11(18)5-8-9(13)3-2-4-10(8)14/h2-4,6-7H,5H2,1H3,(H,16,18). The molecule has 0 fully saturated rings. The van der Waals surface area contributed by atoms with E-state index in [0.29, 0.717) is 5.82 Å². The predicted molar refractivity (Wildman–Crippen MR) is 60.9 cm³/mol. The summed E-state index contributed by atoms with van der Waals surface area (Å²) in [6.45, 7) is 1.64. The summed E-state index contributed by atoms with van der Waals surface area (Å²) in [6.07, 6.45) is 0.745. The normalized spacial score (nSPS) is 12.2. The Hall–Kier alpha value is -2.31. The number of hydrogen-bond acceptors (Lipinski definition) is 4. The van der Waals surface area contributed by atoms with Crippen LogP contribution in [0.1, 0.15) is 24.4 Å². The van der Waals surface area contributed by atoms with Gasteiger partial charge in [0.25, 0.3) is 0 Å². The SMILES string of the molecule is CC(NC(=O)Cc1c(F)cccc1F)c1ncon1.